The highest BCUT2D eigenvalue weighted by atomic mass is 35.5. The summed E-state index contributed by atoms with van der Waals surface area (Å²) in [5.41, 5.74) is 2.18. The first kappa shape index (κ1) is 28.7. The molecule has 1 heterocycles. The number of imide groups is 1. The first-order valence-electron chi connectivity index (χ1n) is 13.8. The van der Waals surface area contributed by atoms with E-state index in [-0.39, 0.29) is 16.4 Å². The maximum absolute atomic E-state index is 14.5. The van der Waals surface area contributed by atoms with Crippen LogP contribution in [0.5, 0.6) is 0 Å². The molecule has 2 bridgehead atoms. The maximum atomic E-state index is 14.5. The Morgan fingerprint density at radius 3 is 2.02 bits per heavy atom. The van der Waals surface area contributed by atoms with Crippen molar-refractivity contribution in [2.45, 2.75) is 11.3 Å². The van der Waals surface area contributed by atoms with E-state index in [9.17, 15) is 39.9 Å². The van der Waals surface area contributed by atoms with Crippen molar-refractivity contribution in [3.63, 3.8) is 0 Å². The number of non-ortho nitro benzene ring substituents is 1. The van der Waals surface area contributed by atoms with Crippen molar-refractivity contribution in [2.24, 2.45) is 16.9 Å². The van der Waals surface area contributed by atoms with Crippen LogP contribution in [0.15, 0.2) is 90.0 Å². The molecule has 4 aromatic carbocycles. The van der Waals surface area contributed by atoms with Gasteiger partial charge in [0.15, 0.2) is 0 Å². The minimum absolute atomic E-state index is 0.0573. The summed E-state index contributed by atoms with van der Waals surface area (Å²) in [6, 6.07) is 21.3. The van der Waals surface area contributed by atoms with Crippen LogP contribution in [0, 0.1) is 42.2 Å². The molecule has 4 aromatic rings. The van der Waals surface area contributed by atoms with Gasteiger partial charge in [-0.25, -0.2) is 4.90 Å². The zero-order chi connectivity index (χ0) is 32.5. The number of carbonyl (C=O) groups is 2. The number of nitro groups is 3. The van der Waals surface area contributed by atoms with Gasteiger partial charge in [0.05, 0.1) is 38.1 Å². The number of amides is 2. The van der Waals surface area contributed by atoms with Crippen LogP contribution in [-0.2, 0) is 15.0 Å². The fraction of sp³-hybridized carbons (Fsp3) is 0.129. The van der Waals surface area contributed by atoms with Crippen molar-refractivity contribution >= 4 is 58.1 Å². The van der Waals surface area contributed by atoms with Gasteiger partial charge in [-0.1, -0.05) is 60.1 Å². The molecule has 8 rings (SSSR count). The molecule has 0 unspecified atom stereocenters. The van der Waals surface area contributed by atoms with Crippen molar-refractivity contribution in [1.29, 1.82) is 0 Å². The summed E-state index contributed by atoms with van der Waals surface area (Å²) in [6.45, 7) is 0. The highest BCUT2D eigenvalue weighted by Gasteiger charge is 2.68. The second-order valence-corrected chi connectivity index (χ2v) is 11.4. The minimum atomic E-state index is -1.39. The molecule has 0 spiro atoms. The predicted molar refractivity (Wildman–Crippen MR) is 165 cm³/mol. The maximum Gasteiger partial charge on any atom is 0.301 e. The Balaban J connectivity index is 1.42. The van der Waals surface area contributed by atoms with Gasteiger partial charge in [-0.15, -0.1) is 0 Å². The topological polar surface area (TPSA) is 191 Å². The van der Waals surface area contributed by atoms with Crippen molar-refractivity contribution in [3.05, 3.63) is 143 Å². The van der Waals surface area contributed by atoms with Gasteiger partial charge in [-0.2, -0.15) is 5.10 Å². The highest BCUT2D eigenvalue weighted by Crippen LogP contribution is 2.64. The molecule has 1 N–H and O–H groups in total. The molecule has 15 heteroatoms. The number of anilines is 2. The van der Waals surface area contributed by atoms with Crippen molar-refractivity contribution in [2.75, 3.05) is 10.3 Å². The van der Waals surface area contributed by atoms with Gasteiger partial charge in [0, 0.05) is 29.3 Å². The largest absolute Gasteiger partial charge is 0.301 e. The van der Waals surface area contributed by atoms with Gasteiger partial charge >= 0.3 is 5.69 Å². The minimum Gasteiger partial charge on any atom is -0.274 e. The summed E-state index contributed by atoms with van der Waals surface area (Å²) in [5, 5.41) is 39.4. The van der Waals surface area contributed by atoms with E-state index in [1.165, 1.54) is 18.3 Å². The third kappa shape index (κ3) is 3.93. The Bertz CT molecular complexity index is 2040. The average molecular weight is 639 g/mol. The molecule has 0 saturated carbocycles. The number of benzene rings is 4. The molecule has 3 aliphatic carbocycles. The van der Waals surface area contributed by atoms with Crippen LogP contribution in [0.3, 0.4) is 0 Å². The molecule has 0 radical (unpaired) electrons. The normalized spacial score (nSPS) is 22.4. The summed E-state index contributed by atoms with van der Waals surface area (Å²) < 4.78 is 0. The lowest BCUT2D eigenvalue weighted by atomic mass is 9.47. The van der Waals surface area contributed by atoms with Crippen LogP contribution >= 0.6 is 11.6 Å². The number of hydrogen-bond acceptors (Lipinski definition) is 10. The number of carbonyl (C=O) groups excluding carboxylic acids is 2. The second kappa shape index (κ2) is 10.3. The first-order valence-corrected chi connectivity index (χ1v) is 14.2. The number of halogens is 1. The monoisotopic (exact) mass is 638 g/mol. The van der Waals surface area contributed by atoms with Gasteiger partial charge in [0.2, 0.25) is 11.8 Å². The van der Waals surface area contributed by atoms with Gasteiger partial charge in [0.25, 0.3) is 11.4 Å². The van der Waals surface area contributed by atoms with Gasteiger partial charge in [0.1, 0.15) is 11.4 Å². The highest BCUT2D eigenvalue weighted by molar-refractivity contribution is 6.31. The number of nitrogens with one attached hydrogen (secondary N) is 1. The lowest BCUT2D eigenvalue weighted by Crippen LogP contribution is -2.54. The molecule has 4 aliphatic rings. The molecule has 14 nitrogen and oxygen atoms in total. The summed E-state index contributed by atoms with van der Waals surface area (Å²) in [4.78, 5) is 62.4. The predicted octanol–water partition coefficient (Wildman–Crippen LogP) is 5.71. The molecular formula is C31H19ClN6O8. The zero-order valence-corrected chi connectivity index (χ0v) is 24.0. The van der Waals surface area contributed by atoms with Crippen LogP contribution in [0.1, 0.15) is 28.2 Å². The Labute approximate surface area is 263 Å². The van der Waals surface area contributed by atoms with Crippen molar-refractivity contribution < 1.29 is 24.4 Å². The van der Waals surface area contributed by atoms with E-state index in [1.54, 1.807) is 12.1 Å². The van der Waals surface area contributed by atoms with E-state index < -0.39 is 66.8 Å². The number of hydrogen-bond donors (Lipinski definition) is 1. The molecule has 1 aliphatic heterocycles. The SMILES string of the molecule is O=C1[C@@H]2C3c4ccccc4C(/C=N\Nc4ccc([N+](=O)[O-])cc4[N+](=O)[O-])(c4ccccc43)[C@H]2C(=O)N1c1ccc(Cl)cc1[N+](=O)[O-]. The van der Waals surface area contributed by atoms with Crippen LogP contribution in [0.2, 0.25) is 5.02 Å². The fourth-order valence-electron chi connectivity index (χ4n) is 7.20. The Kier molecular flexibility index (Phi) is 6.42. The lowest BCUT2D eigenvalue weighted by Gasteiger charge is -2.52. The molecular weight excluding hydrogens is 620 g/mol. The second-order valence-electron chi connectivity index (χ2n) is 11.0. The lowest BCUT2D eigenvalue weighted by molar-refractivity contribution is -0.393. The van der Waals surface area contributed by atoms with E-state index in [0.717, 1.165) is 40.3 Å². The van der Waals surface area contributed by atoms with E-state index in [1.807, 2.05) is 36.4 Å². The van der Waals surface area contributed by atoms with E-state index in [4.69, 9.17) is 11.6 Å². The molecule has 2 atom stereocenters. The van der Waals surface area contributed by atoms with E-state index in [2.05, 4.69) is 10.5 Å². The molecule has 46 heavy (non-hydrogen) atoms. The number of rotatable bonds is 7. The zero-order valence-electron chi connectivity index (χ0n) is 23.3. The van der Waals surface area contributed by atoms with Crippen molar-refractivity contribution in [1.82, 2.24) is 0 Å². The summed E-state index contributed by atoms with van der Waals surface area (Å²) in [5.74, 6) is -3.91. The number of hydrazone groups is 1. The fourth-order valence-corrected chi connectivity index (χ4v) is 7.37. The molecule has 2 amide bonds. The molecule has 228 valence electrons. The van der Waals surface area contributed by atoms with Crippen LogP contribution in [0.4, 0.5) is 28.4 Å². The van der Waals surface area contributed by atoms with Crippen LogP contribution in [0.25, 0.3) is 0 Å². The van der Waals surface area contributed by atoms with Crippen LogP contribution < -0.4 is 10.3 Å². The van der Waals surface area contributed by atoms with Crippen LogP contribution in [-0.4, -0.2) is 32.8 Å². The average Bonchev–Trinajstić information content (AvgIpc) is 3.31. The molecule has 0 aromatic heterocycles. The Hall–Kier alpha value is -6.02. The Morgan fingerprint density at radius 2 is 1.41 bits per heavy atom. The summed E-state index contributed by atoms with van der Waals surface area (Å²) >= 11 is 6.03. The van der Waals surface area contributed by atoms with E-state index in [0.29, 0.717) is 11.1 Å². The molecule has 1 saturated heterocycles. The third-order valence-corrected chi connectivity index (χ3v) is 9.14. The quantitative estimate of drug-likeness (QED) is 0.114. The summed E-state index contributed by atoms with van der Waals surface area (Å²) in [6.07, 6.45) is 1.42. The van der Waals surface area contributed by atoms with Gasteiger partial charge < -0.3 is 0 Å². The van der Waals surface area contributed by atoms with Gasteiger partial charge in [-0.05, 0) is 40.5 Å². The number of nitrogens with zero attached hydrogens (tertiary/aromatic N) is 5. The molecule has 1 fully saturated rings. The third-order valence-electron chi connectivity index (χ3n) is 8.90. The van der Waals surface area contributed by atoms with Gasteiger partial charge in [-0.3, -0.25) is 45.4 Å². The Morgan fingerprint density at radius 1 is 0.783 bits per heavy atom. The standard InChI is InChI=1S/C31H19ClN6O8/c32-16-9-12-23(25(13-16)38(45)46)35-29(39)27-26-18-5-1-3-7-20(18)31(28(27)30(35)40,21-8-4-2-6-19(21)26)15-33-34-22-11-10-17(36(41)42)14-24(22)37(43)44/h1-15,26-28,34H/b33-15-/t26?,27-,28-,31?/m1/s1. The number of nitro benzene ring substituents is 3. The van der Waals surface area contributed by atoms with Crippen molar-refractivity contribution in [3.8, 4) is 0 Å². The van der Waals surface area contributed by atoms with E-state index >= 15 is 0 Å². The summed E-state index contributed by atoms with van der Waals surface area (Å²) in [7, 11) is 0. The smallest absolute Gasteiger partial charge is 0.274 e. The first-order chi connectivity index (χ1) is 22.1.